The van der Waals surface area contributed by atoms with E-state index >= 15 is 0 Å². The van der Waals surface area contributed by atoms with Crippen LogP contribution in [0.1, 0.15) is 33.6 Å². The third kappa shape index (κ3) is 5.33. The van der Waals surface area contributed by atoms with Crippen molar-refractivity contribution >= 4 is 29.6 Å². The van der Waals surface area contributed by atoms with Gasteiger partial charge >= 0.3 is 5.97 Å². The second-order valence-corrected chi connectivity index (χ2v) is 6.87. The third-order valence-electron chi connectivity index (χ3n) is 4.91. The number of rotatable bonds is 7. The Morgan fingerprint density at radius 2 is 1.44 bits per heavy atom. The molecule has 0 saturated carbocycles. The van der Waals surface area contributed by atoms with E-state index in [4.69, 9.17) is 4.74 Å². The Labute approximate surface area is 157 Å². The highest BCUT2D eigenvalue weighted by Gasteiger charge is 2.37. The van der Waals surface area contributed by atoms with Crippen LogP contribution >= 0.6 is 0 Å². The van der Waals surface area contributed by atoms with Crippen molar-refractivity contribution < 1.29 is 28.7 Å². The van der Waals surface area contributed by atoms with Gasteiger partial charge in [-0.1, -0.05) is 6.92 Å². The van der Waals surface area contributed by atoms with Crippen LogP contribution in [-0.2, 0) is 28.7 Å². The van der Waals surface area contributed by atoms with E-state index in [2.05, 4.69) is 5.32 Å². The first kappa shape index (κ1) is 21.0. The third-order valence-corrected chi connectivity index (χ3v) is 4.91. The predicted octanol–water partition coefficient (Wildman–Crippen LogP) is -1.31. The van der Waals surface area contributed by atoms with E-state index < -0.39 is 17.8 Å². The molecule has 0 aliphatic carbocycles. The zero-order valence-electron chi connectivity index (χ0n) is 15.9. The summed E-state index contributed by atoms with van der Waals surface area (Å²) >= 11 is 0. The highest BCUT2D eigenvalue weighted by atomic mass is 16.5. The highest BCUT2D eigenvalue weighted by Crippen LogP contribution is 2.16. The maximum absolute atomic E-state index is 12.3. The topological polar surface area (TPSA) is 116 Å². The molecule has 2 saturated heterocycles. The molecule has 0 aromatic rings. The molecule has 2 aliphatic rings. The Bertz CT molecular complexity index is 603. The second kappa shape index (κ2) is 9.05. The van der Waals surface area contributed by atoms with Crippen LogP contribution in [0, 0.1) is 0 Å². The number of nitrogens with zero attached hydrogens (tertiary/aromatic N) is 3. The van der Waals surface area contributed by atoms with Crippen LogP contribution in [0.4, 0.5) is 0 Å². The molecule has 0 aromatic carbocycles. The maximum atomic E-state index is 12.3. The molecule has 0 aromatic heterocycles. The molecular weight excluding hydrogens is 356 g/mol. The van der Waals surface area contributed by atoms with Crippen molar-refractivity contribution in [2.45, 2.75) is 45.7 Å². The lowest BCUT2D eigenvalue weighted by atomic mass is 10.1. The van der Waals surface area contributed by atoms with Crippen molar-refractivity contribution in [3.05, 3.63) is 0 Å². The molecule has 2 atom stereocenters. The van der Waals surface area contributed by atoms with Gasteiger partial charge in [-0.2, -0.15) is 0 Å². The summed E-state index contributed by atoms with van der Waals surface area (Å²) in [6.45, 7) is 5.34. The molecule has 2 heterocycles. The normalized spacial score (nSPS) is 21.8. The lowest BCUT2D eigenvalue weighted by Gasteiger charge is -2.41. The molecule has 2 aliphatic heterocycles. The van der Waals surface area contributed by atoms with Crippen LogP contribution < -0.4 is 5.32 Å². The van der Waals surface area contributed by atoms with Gasteiger partial charge in [0.25, 0.3) is 0 Å². The molecule has 0 radical (unpaired) electrons. The highest BCUT2D eigenvalue weighted by molar-refractivity contribution is 6.00. The summed E-state index contributed by atoms with van der Waals surface area (Å²) in [5.41, 5.74) is 0. The van der Waals surface area contributed by atoms with E-state index in [1.165, 1.54) is 0 Å². The first-order valence-electron chi connectivity index (χ1n) is 9.02. The van der Waals surface area contributed by atoms with Crippen LogP contribution in [-0.4, -0.2) is 89.3 Å². The SMILES string of the molecule is CCCC(=O)OCN1C(=O)CN(C(C)C(C)N2CC(=O)NC(=O)C2)CC1=O. The predicted molar refractivity (Wildman–Crippen MR) is 92.9 cm³/mol. The van der Waals surface area contributed by atoms with Gasteiger partial charge in [-0.25, -0.2) is 4.90 Å². The second-order valence-electron chi connectivity index (χ2n) is 6.87. The summed E-state index contributed by atoms with van der Waals surface area (Å²) in [5, 5.41) is 2.25. The number of hydrogen-bond acceptors (Lipinski definition) is 8. The summed E-state index contributed by atoms with van der Waals surface area (Å²) < 4.78 is 4.96. The van der Waals surface area contributed by atoms with Gasteiger partial charge in [0.1, 0.15) is 0 Å². The van der Waals surface area contributed by atoms with Crippen LogP contribution in [0.5, 0.6) is 0 Å². The largest absolute Gasteiger partial charge is 0.444 e. The quantitative estimate of drug-likeness (QED) is 0.426. The molecule has 4 amide bonds. The van der Waals surface area contributed by atoms with Crippen LogP contribution in [0.2, 0.25) is 0 Å². The zero-order chi connectivity index (χ0) is 20.1. The fraction of sp³-hybridized carbons (Fsp3) is 0.706. The summed E-state index contributed by atoms with van der Waals surface area (Å²) in [4.78, 5) is 63.6. The van der Waals surface area contributed by atoms with Gasteiger partial charge in [0.2, 0.25) is 23.6 Å². The van der Waals surface area contributed by atoms with Gasteiger partial charge < -0.3 is 4.74 Å². The van der Waals surface area contributed by atoms with E-state index in [1.807, 2.05) is 20.8 Å². The Morgan fingerprint density at radius 3 is 1.93 bits per heavy atom. The van der Waals surface area contributed by atoms with Crippen molar-refractivity contribution in [1.82, 2.24) is 20.0 Å². The summed E-state index contributed by atoms with van der Waals surface area (Å²) in [6.07, 6.45) is 0.861. The first-order chi connectivity index (χ1) is 12.7. The van der Waals surface area contributed by atoms with Crippen molar-refractivity contribution in [2.75, 3.05) is 32.9 Å². The molecule has 10 nitrogen and oxygen atoms in total. The van der Waals surface area contributed by atoms with Crippen molar-refractivity contribution in [3.63, 3.8) is 0 Å². The lowest BCUT2D eigenvalue weighted by molar-refractivity contribution is -0.165. The van der Waals surface area contributed by atoms with Crippen LogP contribution in [0.3, 0.4) is 0 Å². The zero-order valence-corrected chi connectivity index (χ0v) is 15.9. The van der Waals surface area contributed by atoms with Crippen LogP contribution in [0.15, 0.2) is 0 Å². The van der Waals surface area contributed by atoms with Gasteiger partial charge in [-0.05, 0) is 20.3 Å². The number of amides is 4. The number of carbonyl (C=O) groups excluding carboxylic acids is 5. The van der Waals surface area contributed by atoms with E-state index in [9.17, 15) is 24.0 Å². The first-order valence-corrected chi connectivity index (χ1v) is 9.02. The molecule has 1 N–H and O–H groups in total. The molecule has 2 unspecified atom stereocenters. The summed E-state index contributed by atoms with van der Waals surface area (Å²) in [7, 11) is 0. The molecule has 2 rings (SSSR count). The Morgan fingerprint density at radius 1 is 0.963 bits per heavy atom. The van der Waals surface area contributed by atoms with Gasteiger partial charge in [0.15, 0.2) is 6.73 Å². The van der Waals surface area contributed by atoms with Gasteiger partial charge in [-0.15, -0.1) is 0 Å². The van der Waals surface area contributed by atoms with Crippen LogP contribution in [0.25, 0.3) is 0 Å². The maximum Gasteiger partial charge on any atom is 0.307 e. The summed E-state index contributed by atoms with van der Waals surface area (Å²) in [6, 6.07) is -0.448. The van der Waals surface area contributed by atoms with Crippen molar-refractivity contribution in [3.8, 4) is 0 Å². The fourth-order valence-electron chi connectivity index (χ4n) is 3.12. The monoisotopic (exact) mass is 382 g/mol. The number of ether oxygens (including phenoxy) is 1. The average Bonchev–Trinajstić information content (AvgIpc) is 2.59. The standard InChI is InChI=1S/C17H26N4O6/c1-4-5-17(26)27-10-21-15(24)8-20(9-16(21)25)12(3)11(2)19-6-13(22)18-14(23)7-19/h11-12H,4-10H2,1-3H3,(H,18,22,23). The number of imide groups is 2. The Kier molecular flexibility index (Phi) is 7.03. The number of esters is 1. The molecule has 0 bridgehead atoms. The molecule has 27 heavy (non-hydrogen) atoms. The number of nitrogens with one attached hydrogen (secondary N) is 1. The van der Waals surface area contributed by atoms with Gasteiger partial charge in [-0.3, -0.25) is 39.1 Å². The number of hydrogen-bond donors (Lipinski definition) is 1. The Hall–Kier alpha value is -2.33. The molecule has 150 valence electrons. The number of piperazine rings is 2. The lowest BCUT2D eigenvalue weighted by Crippen LogP contribution is -2.62. The van der Waals surface area contributed by atoms with E-state index in [0.29, 0.717) is 6.42 Å². The van der Waals surface area contributed by atoms with E-state index in [1.54, 1.807) is 9.80 Å². The van der Waals surface area contributed by atoms with Crippen molar-refractivity contribution in [1.29, 1.82) is 0 Å². The number of carbonyl (C=O) groups is 5. The summed E-state index contributed by atoms with van der Waals surface area (Å²) in [5.74, 6) is -2.06. The van der Waals surface area contributed by atoms with Crippen molar-refractivity contribution in [2.24, 2.45) is 0 Å². The molecule has 0 spiro atoms. The average molecular weight is 382 g/mol. The van der Waals surface area contributed by atoms with Gasteiger partial charge in [0, 0.05) is 18.5 Å². The molecule has 2 fully saturated rings. The van der Waals surface area contributed by atoms with Gasteiger partial charge in [0.05, 0.1) is 26.2 Å². The smallest absolute Gasteiger partial charge is 0.307 e. The minimum Gasteiger partial charge on any atom is -0.444 e. The van der Waals surface area contributed by atoms with E-state index in [-0.39, 0.29) is 63.2 Å². The minimum absolute atomic E-state index is 0.00341. The molecular formula is C17H26N4O6. The van der Waals surface area contributed by atoms with E-state index in [0.717, 1.165) is 4.90 Å². The minimum atomic E-state index is -0.449. The fourth-order valence-corrected chi connectivity index (χ4v) is 3.12. The molecule has 10 heteroatoms. The Balaban J connectivity index is 1.93.